The van der Waals surface area contributed by atoms with E-state index in [0.717, 1.165) is 36.4 Å². The van der Waals surface area contributed by atoms with Gasteiger partial charge in [-0.25, -0.2) is 0 Å². The Morgan fingerprint density at radius 2 is 2.19 bits per heavy atom. The maximum Gasteiger partial charge on any atom is 0.126 e. The van der Waals surface area contributed by atoms with Crippen LogP contribution in [-0.4, -0.2) is 24.9 Å². The lowest BCUT2D eigenvalue weighted by Crippen LogP contribution is -2.15. The molecule has 0 aliphatic rings. The van der Waals surface area contributed by atoms with Crippen LogP contribution in [0.5, 0.6) is 5.75 Å². The summed E-state index contributed by atoms with van der Waals surface area (Å²) < 4.78 is 5.56. The van der Waals surface area contributed by atoms with Gasteiger partial charge in [0.2, 0.25) is 0 Å². The molecule has 3 heteroatoms. The van der Waals surface area contributed by atoms with Crippen LogP contribution in [0.25, 0.3) is 0 Å². The Bertz CT molecular complexity index is 313. The Labute approximate surface area is 97.4 Å². The van der Waals surface area contributed by atoms with Gasteiger partial charge in [-0.1, -0.05) is 25.1 Å². The molecule has 0 saturated heterocycles. The zero-order valence-corrected chi connectivity index (χ0v) is 10.1. The summed E-state index contributed by atoms with van der Waals surface area (Å²) in [6, 6.07) is 6.11. The molecule has 0 radical (unpaired) electrons. The normalized spacial score (nSPS) is 10.4. The lowest BCUT2D eigenvalue weighted by Gasteiger charge is -2.13. The van der Waals surface area contributed by atoms with Crippen molar-refractivity contribution in [2.45, 2.75) is 26.8 Å². The van der Waals surface area contributed by atoms with Crippen LogP contribution in [0.3, 0.4) is 0 Å². The standard InChI is InChI=1S/C13H21NO2/c1-3-7-14-10-12-6-4-5-11(2)13(12)16-9-8-15/h4-6,14-15H,3,7-10H2,1-2H3. The number of hydrogen-bond acceptors (Lipinski definition) is 3. The summed E-state index contributed by atoms with van der Waals surface area (Å²) in [5.41, 5.74) is 2.27. The highest BCUT2D eigenvalue weighted by Gasteiger charge is 2.05. The minimum Gasteiger partial charge on any atom is -0.491 e. The SMILES string of the molecule is CCCNCc1cccc(C)c1OCCO. The van der Waals surface area contributed by atoms with Crippen LogP contribution >= 0.6 is 0 Å². The van der Waals surface area contributed by atoms with E-state index in [1.165, 1.54) is 0 Å². The highest BCUT2D eigenvalue weighted by atomic mass is 16.5. The first-order valence-electron chi connectivity index (χ1n) is 5.82. The molecule has 2 N–H and O–H groups in total. The Hall–Kier alpha value is -1.06. The van der Waals surface area contributed by atoms with Crippen molar-refractivity contribution in [1.82, 2.24) is 5.32 Å². The summed E-state index contributed by atoms with van der Waals surface area (Å²) in [6.45, 7) is 6.40. The van der Waals surface area contributed by atoms with Gasteiger partial charge in [-0.15, -0.1) is 0 Å². The molecule has 0 aromatic heterocycles. The summed E-state index contributed by atoms with van der Waals surface area (Å²) in [5.74, 6) is 0.903. The minimum absolute atomic E-state index is 0.0517. The Kier molecular flexibility index (Phi) is 5.90. The number of rotatable bonds is 7. The number of benzene rings is 1. The van der Waals surface area contributed by atoms with E-state index in [1.807, 2.05) is 19.1 Å². The van der Waals surface area contributed by atoms with E-state index in [-0.39, 0.29) is 6.61 Å². The van der Waals surface area contributed by atoms with Gasteiger partial charge in [-0.3, -0.25) is 0 Å². The quantitative estimate of drug-likeness (QED) is 0.693. The maximum absolute atomic E-state index is 8.78. The van der Waals surface area contributed by atoms with Crippen LogP contribution in [0, 0.1) is 6.92 Å². The average Bonchev–Trinajstić information content (AvgIpc) is 2.28. The van der Waals surface area contributed by atoms with E-state index in [9.17, 15) is 0 Å². The summed E-state index contributed by atoms with van der Waals surface area (Å²) >= 11 is 0. The van der Waals surface area contributed by atoms with E-state index >= 15 is 0 Å². The third-order valence-electron chi connectivity index (χ3n) is 2.37. The molecule has 0 aliphatic heterocycles. The van der Waals surface area contributed by atoms with E-state index in [0.29, 0.717) is 6.61 Å². The third-order valence-corrected chi connectivity index (χ3v) is 2.37. The number of aliphatic hydroxyl groups is 1. The number of ether oxygens (including phenoxy) is 1. The molecular weight excluding hydrogens is 202 g/mol. The monoisotopic (exact) mass is 223 g/mol. The molecule has 0 heterocycles. The molecule has 0 fully saturated rings. The lowest BCUT2D eigenvalue weighted by molar-refractivity contribution is 0.199. The first kappa shape index (κ1) is 13.0. The molecule has 90 valence electrons. The van der Waals surface area contributed by atoms with E-state index in [1.54, 1.807) is 0 Å². The molecule has 3 nitrogen and oxygen atoms in total. The highest BCUT2D eigenvalue weighted by molar-refractivity contribution is 5.40. The lowest BCUT2D eigenvalue weighted by atomic mass is 10.1. The Morgan fingerprint density at radius 3 is 2.88 bits per heavy atom. The number of aryl methyl sites for hydroxylation is 1. The van der Waals surface area contributed by atoms with Crippen molar-refractivity contribution in [2.75, 3.05) is 19.8 Å². The molecule has 0 bridgehead atoms. The van der Waals surface area contributed by atoms with Crippen molar-refractivity contribution in [2.24, 2.45) is 0 Å². The van der Waals surface area contributed by atoms with Crippen LogP contribution in [0.2, 0.25) is 0 Å². The van der Waals surface area contributed by atoms with Gasteiger partial charge in [-0.2, -0.15) is 0 Å². The first-order chi connectivity index (χ1) is 7.79. The summed E-state index contributed by atoms with van der Waals surface area (Å²) in [5, 5.41) is 12.1. The van der Waals surface area contributed by atoms with Crippen LogP contribution in [-0.2, 0) is 6.54 Å². The molecule has 0 spiro atoms. The molecule has 16 heavy (non-hydrogen) atoms. The van der Waals surface area contributed by atoms with Crippen molar-refractivity contribution in [3.63, 3.8) is 0 Å². The van der Waals surface area contributed by atoms with Crippen LogP contribution in [0.15, 0.2) is 18.2 Å². The summed E-state index contributed by atoms with van der Waals surface area (Å²) in [4.78, 5) is 0. The van der Waals surface area contributed by atoms with Crippen LogP contribution < -0.4 is 10.1 Å². The minimum atomic E-state index is 0.0517. The second kappa shape index (κ2) is 7.25. The fourth-order valence-electron chi connectivity index (χ4n) is 1.61. The number of para-hydroxylation sites is 1. The number of nitrogens with one attached hydrogen (secondary N) is 1. The molecule has 0 unspecified atom stereocenters. The first-order valence-corrected chi connectivity index (χ1v) is 5.82. The van der Waals surface area contributed by atoms with Gasteiger partial charge in [0, 0.05) is 12.1 Å². The van der Waals surface area contributed by atoms with E-state index < -0.39 is 0 Å². The van der Waals surface area contributed by atoms with Crippen molar-refractivity contribution in [1.29, 1.82) is 0 Å². The van der Waals surface area contributed by atoms with Crippen molar-refractivity contribution < 1.29 is 9.84 Å². The van der Waals surface area contributed by atoms with E-state index in [4.69, 9.17) is 9.84 Å². The molecule has 1 aromatic rings. The second-order valence-corrected chi connectivity index (χ2v) is 3.81. The van der Waals surface area contributed by atoms with Gasteiger partial charge in [0.1, 0.15) is 12.4 Å². The third kappa shape index (κ3) is 3.83. The van der Waals surface area contributed by atoms with Crippen molar-refractivity contribution in [3.05, 3.63) is 29.3 Å². The Morgan fingerprint density at radius 1 is 1.38 bits per heavy atom. The highest BCUT2D eigenvalue weighted by Crippen LogP contribution is 2.23. The van der Waals surface area contributed by atoms with Gasteiger partial charge in [0.15, 0.2) is 0 Å². The topological polar surface area (TPSA) is 41.5 Å². The number of aliphatic hydroxyl groups excluding tert-OH is 1. The summed E-state index contributed by atoms with van der Waals surface area (Å²) in [6.07, 6.45) is 1.12. The summed E-state index contributed by atoms with van der Waals surface area (Å²) in [7, 11) is 0. The van der Waals surface area contributed by atoms with Crippen molar-refractivity contribution >= 4 is 0 Å². The molecule has 0 saturated carbocycles. The zero-order chi connectivity index (χ0) is 11.8. The Balaban J connectivity index is 2.68. The molecule has 1 rings (SSSR count). The fourth-order valence-corrected chi connectivity index (χ4v) is 1.61. The zero-order valence-electron chi connectivity index (χ0n) is 10.1. The predicted octanol–water partition coefficient (Wildman–Crippen LogP) is 1.87. The molecular formula is C13H21NO2. The molecule has 0 aliphatic carbocycles. The average molecular weight is 223 g/mol. The maximum atomic E-state index is 8.78. The largest absolute Gasteiger partial charge is 0.491 e. The predicted molar refractivity (Wildman–Crippen MR) is 65.8 cm³/mol. The molecule has 0 amide bonds. The molecule has 0 atom stereocenters. The molecule has 1 aromatic carbocycles. The van der Waals surface area contributed by atoms with Gasteiger partial charge in [-0.05, 0) is 25.5 Å². The van der Waals surface area contributed by atoms with Gasteiger partial charge in [0.25, 0.3) is 0 Å². The van der Waals surface area contributed by atoms with Gasteiger partial charge < -0.3 is 15.2 Å². The second-order valence-electron chi connectivity index (χ2n) is 3.81. The van der Waals surface area contributed by atoms with Gasteiger partial charge in [0.05, 0.1) is 6.61 Å². The van der Waals surface area contributed by atoms with Crippen molar-refractivity contribution in [3.8, 4) is 5.75 Å². The van der Waals surface area contributed by atoms with Crippen LogP contribution in [0.1, 0.15) is 24.5 Å². The van der Waals surface area contributed by atoms with Gasteiger partial charge >= 0.3 is 0 Å². The van der Waals surface area contributed by atoms with E-state index in [2.05, 4.69) is 18.3 Å². The fraction of sp³-hybridized carbons (Fsp3) is 0.538. The smallest absolute Gasteiger partial charge is 0.126 e. The number of hydrogen-bond donors (Lipinski definition) is 2. The van der Waals surface area contributed by atoms with Crippen LogP contribution in [0.4, 0.5) is 0 Å².